The number of hydrogen-bond acceptors (Lipinski definition) is 0. The molecule has 0 aliphatic heterocycles. The molecule has 0 aromatic heterocycles. The Hall–Kier alpha value is 0.290. The Morgan fingerprint density at radius 1 is 1.36 bits per heavy atom. The van der Waals surface area contributed by atoms with Crippen molar-refractivity contribution in [2.45, 2.75) is 39.0 Å². The van der Waals surface area contributed by atoms with Gasteiger partial charge in [0.1, 0.15) is 0 Å². The molecule has 0 aromatic carbocycles. The van der Waals surface area contributed by atoms with Crippen LogP contribution in [0, 0.1) is 23.2 Å². The van der Waals surface area contributed by atoms with E-state index in [1.54, 1.807) is 0 Å². The largest absolute Gasteiger partial charge is 0.123 e. The summed E-state index contributed by atoms with van der Waals surface area (Å²) in [6.45, 7) is 7.02. The van der Waals surface area contributed by atoms with Crippen LogP contribution in [0.15, 0.2) is 0 Å². The average Bonchev–Trinajstić information content (AvgIpc) is 2.57. The molecule has 0 amide bonds. The van der Waals surface area contributed by atoms with Gasteiger partial charge >= 0.3 is 0 Å². The zero-order chi connectivity index (χ0) is 8.22. The zero-order valence-electron chi connectivity index (χ0n) is 7.60. The SMILES string of the molecule is CC(C)[C@@]12C[C@@H]1[C@@H](C)[C@@H](Cl)C2. The first-order valence-corrected chi connectivity index (χ1v) is 5.15. The first-order chi connectivity index (χ1) is 5.08. The molecular formula is C10H17Cl. The molecule has 0 saturated heterocycles. The number of halogens is 1. The molecule has 2 saturated carbocycles. The van der Waals surface area contributed by atoms with E-state index in [0.717, 1.165) is 17.8 Å². The van der Waals surface area contributed by atoms with Gasteiger partial charge in [-0.1, -0.05) is 20.8 Å². The van der Waals surface area contributed by atoms with Gasteiger partial charge in [-0.15, -0.1) is 11.6 Å². The third kappa shape index (κ3) is 0.884. The highest BCUT2D eigenvalue weighted by molar-refractivity contribution is 6.21. The molecule has 0 unspecified atom stereocenters. The van der Waals surface area contributed by atoms with E-state index in [2.05, 4.69) is 20.8 Å². The highest BCUT2D eigenvalue weighted by Crippen LogP contribution is 2.70. The summed E-state index contributed by atoms with van der Waals surface area (Å²) < 4.78 is 0. The molecule has 0 bridgehead atoms. The Balaban J connectivity index is 2.13. The summed E-state index contributed by atoms with van der Waals surface area (Å²) in [6.07, 6.45) is 2.73. The number of rotatable bonds is 1. The minimum absolute atomic E-state index is 0.469. The van der Waals surface area contributed by atoms with Gasteiger partial charge in [0, 0.05) is 5.38 Å². The van der Waals surface area contributed by atoms with Gasteiger partial charge in [0.25, 0.3) is 0 Å². The lowest BCUT2D eigenvalue weighted by Crippen LogP contribution is -2.11. The normalized spacial score (nSPS) is 54.8. The summed E-state index contributed by atoms with van der Waals surface area (Å²) in [5.41, 5.74) is 0.672. The third-order valence-corrected chi connectivity index (χ3v) is 4.66. The molecule has 0 aromatic rings. The fourth-order valence-electron chi connectivity index (χ4n) is 3.00. The third-order valence-electron chi connectivity index (χ3n) is 4.11. The van der Waals surface area contributed by atoms with Crippen LogP contribution < -0.4 is 0 Å². The Kier molecular flexibility index (Phi) is 1.55. The smallest absolute Gasteiger partial charge is 0.0370 e. The molecule has 0 spiro atoms. The van der Waals surface area contributed by atoms with Crippen molar-refractivity contribution in [1.82, 2.24) is 0 Å². The molecule has 0 nitrogen and oxygen atoms in total. The van der Waals surface area contributed by atoms with E-state index in [1.165, 1.54) is 12.8 Å². The van der Waals surface area contributed by atoms with E-state index in [0.29, 0.717) is 10.8 Å². The lowest BCUT2D eigenvalue weighted by atomic mass is 9.90. The van der Waals surface area contributed by atoms with Crippen LogP contribution in [0.5, 0.6) is 0 Å². The van der Waals surface area contributed by atoms with Crippen molar-refractivity contribution < 1.29 is 0 Å². The molecular weight excluding hydrogens is 156 g/mol. The predicted molar refractivity (Wildman–Crippen MR) is 48.8 cm³/mol. The van der Waals surface area contributed by atoms with Gasteiger partial charge in [-0.25, -0.2) is 0 Å². The Morgan fingerprint density at radius 2 is 2.00 bits per heavy atom. The second-order valence-corrected chi connectivity index (χ2v) is 5.34. The number of alkyl halides is 1. The summed E-state index contributed by atoms with van der Waals surface area (Å²) in [4.78, 5) is 0. The first-order valence-electron chi connectivity index (χ1n) is 4.72. The standard InChI is InChI=1S/C10H17Cl/c1-6(2)10-4-8(10)7(3)9(11)5-10/h6-9H,4-5H2,1-3H3/t7-,8-,9+,10+/m1/s1. The van der Waals surface area contributed by atoms with Gasteiger partial charge in [0.15, 0.2) is 0 Å². The monoisotopic (exact) mass is 172 g/mol. The van der Waals surface area contributed by atoms with E-state index in [1.807, 2.05) is 0 Å². The lowest BCUT2D eigenvalue weighted by Gasteiger charge is -2.17. The fourth-order valence-corrected chi connectivity index (χ4v) is 3.46. The fraction of sp³-hybridized carbons (Fsp3) is 1.00. The van der Waals surface area contributed by atoms with E-state index < -0.39 is 0 Å². The molecule has 2 aliphatic carbocycles. The van der Waals surface area contributed by atoms with Crippen LogP contribution in [0.4, 0.5) is 0 Å². The number of hydrogen-bond donors (Lipinski definition) is 0. The minimum atomic E-state index is 0.469. The zero-order valence-corrected chi connectivity index (χ0v) is 8.36. The maximum atomic E-state index is 6.22. The molecule has 11 heavy (non-hydrogen) atoms. The van der Waals surface area contributed by atoms with Crippen molar-refractivity contribution in [3.05, 3.63) is 0 Å². The maximum absolute atomic E-state index is 6.22. The van der Waals surface area contributed by atoms with E-state index in [4.69, 9.17) is 11.6 Å². The molecule has 4 atom stereocenters. The molecule has 2 fully saturated rings. The van der Waals surface area contributed by atoms with Gasteiger partial charge in [0.2, 0.25) is 0 Å². The summed E-state index contributed by atoms with van der Waals surface area (Å²) in [5, 5.41) is 0.469. The highest BCUT2D eigenvalue weighted by Gasteiger charge is 2.64. The molecule has 64 valence electrons. The maximum Gasteiger partial charge on any atom is 0.0370 e. The van der Waals surface area contributed by atoms with Crippen LogP contribution in [0.25, 0.3) is 0 Å². The summed E-state index contributed by atoms with van der Waals surface area (Å²) in [5.74, 6) is 2.59. The van der Waals surface area contributed by atoms with Crippen molar-refractivity contribution in [3.63, 3.8) is 0 Å². The molecule has 2 rings (SSSR count). The quantitative estimate of drug-likeness (QED) is 0.533. The lowest BCUT2D eigenvalue weighted by molar-refractivity contribution is 0.342. The molecule has 2 aliphatic rings. The summed E-state index contributed by atoms with van der Waals surface area (Å²) >= 11 is 6.22. The molecule has 1 heteroatoms. The van der Waals surface area contributed by atoms with Crippen molar-refractivity contribution in [3.8, 4) is 0 Å². The van der Waals surface area contributed by atoms with E-state index in [9.17, 15) is 0 Å². The van der Waals surface area contributed by atoms with Gasteiger partial charge in [0.05, 0.1) is 0 Å². The van der Waals surface area contributed by atoms with Crippen LogP contribution >= 0.6 is 11.6 Å². The van der Waals surface area contributed by atoms with Crippen molar-refractivity contribution in [2.75, 3.05) is 0 Å². The highest BCUT2D eigenvalue weighted by atomic mass is 35.5. The average molecular weight is 173 g/mol. The van der Waals surface area contributed by atoms with Crippen molar-refractivity contribution in [1.29, 1.82) is 0 Å². The van der Waals surface area contributed by atoms with Crippen LogP contribution in [0.3, 0.4) is 0 Å². The van der Waals surface area contributed by atoms with E-state index in [-0.39, 0.29) is 0 Å². The number of fused-ring (bicyclic) bond motifs is 1. The van der Waals surface area contributed by atoms with Crippen LogP contribution in [0.1, 0.15) is 33.6 Å². The second-order valence-electron chi connectivity index (χ2n) is 4.78. The van der Waals surface area contributed by atoms with Crippen LogP contribution in [0.2, 0.25) is 0 Å². The minimum Gasteiger partial charge on any atom is -0.123 e. The van der Waals surface area contributed by atoms with Crippen LogP contribution in [-0.4, -0.2) is 5.38 Å². The Bertz CT molecular complexity index is 176. The Morgan fingerprint density at radius 3 is 2.27 bits per heavy atom. The topological polar surface area (TPSA) is 0 Å². The van der Waals surface area contributed by atoms with Crippen molar-refractivity contribution >= 4 is 11.6 Å². The predicted octanol–water partition coefficient (Wildman–Crippen LogP) is 3.30. The molecule has 0 heterocycles. The second kappa shape index (κ2) is 2.16. The van der Waals surface area contributed by atoms with Crippen LogP contribution in [-0.2, 0) is 0 Å². The molecule has 0 radical (unpaired) electrons. The van der Waals surface area contributed by atoms with Gasteiger partial charge in [-0.05, 0) is 36.0 Å². The van der Waals surface area contributed by atoms with Gasteiger partial charge in [-0.2, -0.15) is 0 Å². The molecule has 0 N–H and O–H groups in total. The first kappa shape index (κ1) is 7.91. The van der Waals surface area contributed by atoms with E-state index >= 15 is 0 Å². The van der Waals surface area contributed by atoms with Gasteiger partial charge in [-0.3, -0.25) is 0 Å². The Labute approximate surface area is 74.3 Å². The van der Waals surface area contributed by atoms with Crippen molar-refractivity contribution in [2.24, 2.45) is 23.2 Å². The summed E-state index contributed by atoms with van der Waals surface area (Å²) in [6, 6.07) is 0. The van der Waals surface area contributed by atoms with Gasteiger partial charge < -0.3 is 0 Å². The summed E-state index contributed by atoms with van der Waals surface area (Å²) in [7, 11) is 0.